The van der Waals surface area contributed by atoms with Gasteiger partial charge in [-0.25, -0.2) is 0 Å². The Morgan fingerprint density at radius 1 is 1.07 bits per heavy atom. The molecule has 0 radical (unpaired) electrons. The zero-order valence-electron chi connectivity index (χ0n) is 16.5. The third-order valence-corrected chi connectivity index (χ3v) is 5.28. The summed E-state index contributed by atoms with van der Waals surface area (Å²) in [5, 5.41) is 4.11. The van der Waals surface area contributed by atoms with Crippen LogP contribution in [0.3, 0.4) is 0 Å². The van der Waals surface area contributed by atoms with Crippen LogP contribution >= 0.6 is 0 Å². The van der Waals surface area contributed by atoms with E-state index < -0.39 is 0 Å². The van der Waals surface area contributed by atoms with Gasteiger partial charge in [-0.3, -0.25) is 9.78 Å². The van der Waals surface area contributed by atoms with E-state index in [1.165, 1.54) is 16.8 Å². The van der Waals surface area contributed by atoms with Crippen LogP contribution in [0.5, 0.6) is 0 Å². The first-order valence-electron chi connectivity index (χ1n) is 9.53. The van der Waals surface area contributed by atoms with Gasteiger partial charge in [-0.2, -0.15) is 0 Å². The maximum Gasteiger partial charge on any atom is 0.259 e. The van der Waals surface area contributed by atoms with Gasteiger partial charge in [0.1, 0.15) is 17.0 Å². The molecule has 6 heteroatoms. The summed E-state index contributed by atoms with van der Waals surface area (Å²) in [7, 11) is 0. The molecule has 1 aliphatic heterocycles. The van der Waals surface area contributed by atoms with E-state index in [0.29, 0.717) is 30.1 Å². The van der Waals surface area contributed by atoms with Gasteiger partial charge in [0.05, 0.1) is 0 Å². The zero-order chi connectivity index (χ0) is 19.7. The number of pyridine rings is 1. The van der Waals surface area contributed by atoms with E-state index in [2.05, 4.69) is 47.1 Å². The highest BCUT2D eigenvalue weighted by Crippen LogP contribution is 2.27. The number of rotatable bonds is 3. The summed E-state index contributed by atoms with van der Waals surface area (Å²) < 4.78 is 5.35. The number of aromatic nitrogens is 2. The average molecular weight is 376 g/mol. The molecule has 28 heavy (non-hydrogen) atoms. The summed E-state index contributed by atoms with van der Waals surface area (Å²) >= 11 is 0. The van der Waals surface area contributed by atoms with Crippen LogP contribution in [-0.2, 0) is 0 Å². The van der Waals surface area contributed by atoms with Gasteiger partial charge in [0.25, 0.3) is 5.91 Å². The topological polar surface area (TPSA) is 62.5 Å². The Morgan fingerprint density at radius 2 is 1.86 bits per heavy atom. The number of benzene rings is 1. The Labute approximate surface area is 164 Å². The van der Waals surface area contributed by atoms with E-state index in [1.54, 1.807) is 19.3 Å². The lowest BCUT2D eigenvalue weighted by atomic mass is 10.1. The summed E-state index contributed by atoms with van der Waals surface area (Å²) in [5.41, 5.74) is 5.65. The highest BCUT2D eigenvalue weighted by Gasteiger charge is 2.29. The molecule has 0 aliphatic carbocycles. The molecule has 6 nitrogen and oxygen atoms in total. The number of hydrogen-bond donors (Lipinski definition) is 0. The van der Waals surface area contributed by atoms with Crippen LogP contribution in [0.15, 0.2) is 47.2 Å². The monoisotopic (exact) mass is 376 g/mol. The Kier molecular flexibility index (Phi) is 4.86. The van der Waals surface area contributed by atoms with E-state index >= 15 is 0 Å². The molecule has 144 valence electrons. The lowest BCUT2D eigenvalue weighted by molar-refractivity contribution is 0.0745. The van der Waals surface area contributed by atoms with Crippen molar-refractivity contribution in [1.29, 1.82) is 0 Å². The van der Waals surface area contributed by atoms with Gasteiger partial charge in [0.2, 0.25) is 0 Å². The van der Waals surface area contributed by atoms with Crippen LogP contribution in [0.2, 0.25) is 0 Å². The fraction of sp³-hybridized carbons (Fsp3) is 0.318. The maximum absolute atomic E-state index is 13.2. The highest BCUT2D eigenvalue weighted by molar-refractivity contribution is 6.00. The number of carbonyl (C=O) groups excluding carboxylic acids is 1. The van der Waals surface area contributed by atoms with Gasteiger partial charge in [-0.15, -0.1) is 0 Å². The molecular formula is C22H24N4O2. The van der Waals surface area contributed by atoms with Crippen molar-refractivity contribution in [3.63, 3.8) is 0 Å². The summed E-state index contributed by atoms with van der Waals surface area (Å²) in [5.74, 6) is 0.513. The second-order valence-electron chi connectivity index (χ2n) is 7.27. The first-order chi connectivity index (χ1) is 13.5. The molecule has 0 unspecified atom stereocenters. The Morgan fingerprint density at radius 3 is 2.57 bits per heavy atom. The molecule has 4 rings (SSSR count). The lowest BCUT2D eigenvalue weighted by Gasteiger charge is -2.37. The van der Waals surface area contributed by atoms with Crippen LogP contribution in [0.4, 0.5) is 5.69 Å². The average Bonchev–Trinajstić information content (AvgIpc) is 3.11. The molecule has 0 atom stereocenters. The van der Waals surface area contributed by atoms with Gasteiger partial charge in [0, 0.05) is 49.8 Å². The Balaban J connectivity index is 1.52. The smallest absolute Gasteiger partial charge is 0.259 e. The Hall–Kier alpha value is -3.15. The molecule has 1 fully saturated rings. The van der Waals surface area contributed by atoms with E-state index in [4.69, 9.17) is 4.52 Å². The van der Waals surface area contributed by atoms with Crippen molar-refractivity contribution in [2.24, 2.45) is 0 Å². The number of piperazine rings is 1. The van der Waals surface area contributed by atoms with Crippen molar-refractivity contribution < 1.29 is 9.32 Å². The van der Waals surface area contributed by atoms with Crippen molar-refractivity contribution in [2.45, 2.75) is 20.8 Å². The van der Waals surface area contributed by atoms with Crippen LogP contribution < -0.4 is 4.90 Å². The molecule has 1 amide bonds. The third kappa shape index (κ3) is 3.38. The minimum absolute atomic E-state index is 0.0294. The standard InChI is InChI=1S/C22H24N4O2/c1-15-6-7-16(2)19(13-15)25-9-11-26(12-10-25)22(27)20-17(3)28-24-21(20)18-5-4-8-23-14-18/h4-8,13-14H,9-12H2,1-3H3. The van der Waals surface area contributed by atoms with Gasteiger partial charge in [-0.1, -0.05) is 17.3 Å². The molecule has 1 aromatic carbocycles. The van der Waals surface area contributed by atoms with Crippen molar-refractivity contribution >= 4 is 11.6 Å². The van der Waals surface area contributed by atoms with E-state index in [0.717, 1.165) is 18.7 Å². The molecule has 1 aliphatic rings. The van der Waals surface area contributed by atoms with Crippen LogP contribution in [0.25, 0.3) is 11.3 Å². The van der Waals surface area contributed by atoms with E-state index in [1.807, 2.05) is 17.0 Å². The van der Waals surface area contributed by atoms with Crippen LogP contribution in [0.1, 0.15) is 27.2 Å². The fourth-order valence-corrected chi connectivity index (χ4v) is 3.69. The molecule has 0 N–H and O–H groups in total. The molecule has 2 aromatic heterocycles. The number of aryl methyl sites for hydroxylation is 3. The first-order valence-corrected chi connectivity index (χ1v) is 9.53. The van der Waals surface area contributed by atoms with E-state index in [-0.39, 0.29) is 5.91 Å². The molecule has 0 saturated carbocycles. The van der Waals surface area contributed by atoms with Gasteiger partial charge in [-0.05, 0) is 50.1 Å². The molecular weight excluding hydrogens is 352 g/mol. The first kappa shape index (κ1) is 18.2. The van der Waals surface area contributed by atoms with Crippen molar-refractivity contribution in [3.05, 3.63) is 65.2 Å². The summed E-state index contributed by atoms with van der Waals surface area (Å²) in [4.78, 5) is 21.6. The minimum atomic E-state index is -0.0294. The zero-order valence-corrected chi connectivity index (χ0v) is 16.5. The number of amides is 1. The minimum Gasteiger partial charge on any atom is -0.368 e. The normalized spacial score (nSPS) is 14.4. The van der Waals surface area contributed by atoms with Gasteiger partial charge >= 0.3 is 0 Å². The number of carbonyl (C=O) groups is 1. The highest BCUT2D eigenvalue weighted by atomic mass is 16.5. The summed E-state index contributed by atoms with van der Waals surface area (Å²) in [6, 6.07) is 10.2. The lowest BCUT2D eigenvalue weighted by Crippen LogP contribution is -2.49. The quantitative estimate of drug-likeness (QED) is 0.699. The third-order valence-electron chi connectivity index (χ3n) is 5.28. The van der Waals surface area contributed by atoms with Crippen molar-refractivity contribution in [2.75, 3.05) is 31.1 Å². The van der Waals surface area contributed by atoms with Crippen molar-refractivity contribution in [1.82, 2.24) is 15.0 Å². The number of nitrogens with zero attached hydrogens (tertiary/aromatic N) is 4. The largest absolute Gasteiger partial charge is 0.368 e. The fourth-order valence-electron chi connectivity index (χ4n) is 3.69. The van der Waals surface area contributed by atoms with E-state index in [9.17, 15) is 4.79 Å². The summed E-state index contributed by atoms with van der Waals surface area (Å²) in [6.07, 6.45) is 3.40. The maximum atomic E-state index is 13.2. The second-order valence-corrected chi connectivity index (χ2v) is 7.27. The van der Waals surface area contributed by atoms with Crippen LogP contribution in [0, 0.1) is 20.8 Å². The second kappa shape index (κ2) is 7.46. The van der Waals surface area contributed by atoms with Crippen LogP contribution in [-0.4, -0.2) is 47.1 Å². The SMILES string of the molecule is Cc1ccc(C)c(N2CCN(C(=O)c3c(-c4cccnc4)noc3C)CC2)c1. The molecule has 1 saturated heterocycles. The Bertz CT molecular complexity index is 989. The van der Waals surface area contributed by atoms with Gasteiger partial charge < -0.3 is 14.3 Å². The molecule has 3 heterocycles. The predicted molar refractivity (Wildman–Crippen MR) is 109 cm³/mol. The van der Waals surface area contributed by atoms with Gasteiger partial charge in [0.15, 0.2) is 0 Å². The molecule has 0 spiro atoms. The number of hydrogen-bond acceptors (Lipinski definition) is 5. The van der Waals surface area contributed by atoms with Crippen molar-refractivity contribution in [3.8, 4) is 11.3 Å². The number of anilines is 1. The summed E-state index contributed by atoms with van der Waals surface area (Å²) in [6.45, 7) is 8.98. The molecule has 3 aromatic rings. The predicted octanol–water partition coefficient (Wildman–Crippen LogP) is 3.62. The molecule has 0 bridgehead atoms.